The predicted molar refractivity (Wildman–Crippen MR) is 84.6 cm³/mol. The Labute approximate surface area is 128 Å². The normalized spacial score (nSPS) is 26.6. The molecule has 0 spiro atoms. The van der Waals surface area contributed by atoms with Crippen molar-refractivity contribution in [2.45, 2.75) is 37.6 Å². The second-order valence-corrected chi connectivity index (χ2v) is 6.29. The first-order chi connectivity index (χ1) is 10.4. The van der Waals surface area contributed by atoms with Crippen LogP contribution in [0.5, 0.6) is 0 Å². The number of hydrogen-bond donors (Lipinski definition) is 1. The molecule has 2 fully saturated rings. The molecule has 2 aliphatic heterocycles. The van der Waals surface area contributed by atoms with Crippen molar-refractivity contribution in [1.29, 1.82) is 0 Å². The van der Waals surface area contributed by atoms with E-state index in [2.05, 4.69) is 42.6 Å². The van der Waals surface area contributed by atoms with Crippen LogP contribution in [0.3, 0.4) is 0 Å². The van der Waals surface area contributed by atoms with E-state index < -0.39 is 0 Å². The third kappa shape index (κ3) is 3.01. The minimum absolute atomic E-state index is 0.188. The minimum atomic E-state index is 0.188. The summed E-state index contributed by atoms with van der Waals surface area (Å²) in [4.78, 5) is 0. The summed E-state index contributed by atoms with van der Waals surface area (Å²) in [6.45, 7) is 6.76. The molecule has 2 aliphatic rings. The van der Waals surface area contributed by atoms with Gasteiger partial charge in [0.15, 0.2) is 0 Å². The molecule has 1 N–H and O–H groups in total. The van der Waals surface area contributed by atoms with Crippen LogP contribution in [0.4, 0.5) is 0 Å². The second kappa shape index (κ2) is 6.91. The summed E-state index contributed by atoms with van der Waals surface area (Å²) >= 11 is 0. The first kappa shape index (κ1) is 15.0. The molecule has 1 aromatic carbocycles. The van der Waals surface area contributed by atoms with Gasteiger partial charge in [0.2, 0.25) is 0 Å². The fourth-order valence-electron chi connectivity index (χ4n) is 4.13. The molecular formula is C18H27NO2. The van der Waals surface area contributed by atoms with E-state index in [0.717, 1.165) is 45.8 Å². The Morgan fingerprint density at radius 3 is 2.52 bits per heavy atom. The molecule has 21 heavy (non-hydrogen) atoms. The molecule has 1 aromatic rings. The molecule has 0 bridgehead atoms. The summed E-state index contributed by atoms with van der Waals surface area (Å²) in [5.74, 6) is 0.614. The summed E-state index contributed by atoms with van der Waals surface area (Å²) in [5.41, 5.74) is 1.65. The van der Waals surface area contributed by atoms with Gasteiger partial charge in [0.25, 0.3) is 0 Å². The highest BCUT2D eigenvalue weighted by molar-refractivity contribution is 5.29. The Kier molecular flexibility index (Phi) is 4.94. The molecular weight excluding hydrogens is 262 g/mol. The van der Waals surface area contributed by atoms with Crippen LogP contribution in [0.25, 0.3) is 0 Å². The van der Waals surface area contributed by atoms with Gasteiger partial charge in [-0.15, -0.1) is 0 Å². The Hall–Kier alpha value is -0.900. The van der Waals surface area contributed by atoms with Gasteiger partial charge in [-0.1, -0.05) is 37.3 Å². The number of benzene rings is 1. The van der Waals surface area contributed by atoms with Crippen LogP contribution in [0.15, 0.2) is 30.3 Å². The van der Waals surface area contributed by atoms with Crippen molar-refractivity contribution in [2.75, 3.05) is 33.0 Å². The largest absolute Gasteiger partial charge is 0.381 e. The molecule has 116 valence electrons. The fraction of sp³-hybridized carbons (Fsp3) is 0.667. The molecule has 0 radical (unpaired) electrons. The van der Waals surface area contributed by atoms with Gasteiger partial charge in [-0.05, 0) is 31.4 Å². The van der Waals surface area contributed by atoms with Gasteiger partial charge in [-0.3, -0.25) is 0 Å². The van der Waals surface area contributed by atoms with Gasteiger partial charge in [-0.25, -0.2) is 0 Å². The van der Waals surface area contributed by atoms with Crippen LogP contribution in [0, 0.1) is 5.92 Å². The van der Waals surface area contributed by atoms with Crippen molar-refractivity contribution >= 4 is 0 Å². The second-order valence-electron chi connectivity index (χ2n) is 6.29. The SMILES string of the molecule is CCNC(C1CCOC1)C1(c2ccccc2)CCOCC1. The van der Waals surface area contributed by atoms with Crippen LogP contribution in [0.1, 0.15) is 31.7 Å². The summed E-state index contributed by atoms with van der Waals surface area (Å²) in [6, 6.07) is 11.5. The Balaban J connectivity index is 1.95. The number of nitrogens with one attached hydrogen (secondary N) is 1. The summed E-state index contributed by atoms with van der Waals surface area (Å²) in [6.07, 6.45) is 3.38. The van der Waals surface area contributed by atoms with E-state index in [-0.39, 0.29) is 5.41 Å². The predicted octanol–water partition coefficient (Wildman–Crippen LogP) is 2.75. The Morgan fingerprint density at radius 1 is 1.14 bits per heavy atom. The fourth-order valence-corrected chi connectivity index (χ4v) is 4.13. The van der Waals surface area contributed by atoms with E-state index >= 15 is 0 Å². The van der Waals surface area contributed by atoms with Crippen LogP contribution in [-0.2, 0) is 14.9 Å². The van der Waals surface area contributed by atoms with E-state index in [1.807, 2.05) is 0 Å². The third-order valence-electron chi connectivity index (χ3n) is 5.19. The Bertz CT molecular complexity index is 422. The van der Waals surface area contributed by atoms with Crippen LogP contribution < -0.4 is 5.32 Å². The van der Waals surface area contributed by atoms with Crippen LogP contribution in [-0.4, -0.2) is 39.0 Å². The van der Waals surface area contributed by atoms with Crippen molar-refractivity contribution in [2.24, 2.45) is 5.92 Å². The van der Waals surface area contributed by atoms with Crippen molar-refractivity contribution in [3.8, 4) is 0 Å². The van der Waals surface area contributed by atoms with E-state index in [1.165, 1.54) is 12.0 Å². The molecule has 3 nitrogen and oxygen atoms in total. The van der Waals surface area contributed by atoms with Gasteiger partial charge in [0.1, 0.15) is 0 Å². The Morgan fingerprint density at radius 2 is 1.90 bits per heavy atom. The number of rotatable bonds is 5. The topological polar surface area (TPSA) is 30.5 Å². The van der Waals surface area contributed by atoms with Crippen molar-refractivity contribution < 1.29 is 9.47 Å². The van der Waals surface area contributed by atoms with Gasteiger partial charge in [0.05, 0.1) is 6.61 Å². The van der Waals surface area contributed by atoms with Crippen molar-refractivity contribution in [1.82, 2.24) is 5.32 Å². The first-order valence-corrected chi connectivity index (χ1v) is 8.31. The number of ether oxygens (including phenoxy) is 2. The van der Waals surface area contributed by atoms with E-state index in [1.54, 1.807) is 0 Å². The lowest BCUT2D eigenvalue weighted by Gasteiger charge is -2.46. The molecule has 0 aromatic heterocycles. The molecule has 2 atom stereocenters. The molecule has 2 saturated heterocycles. The zero-order valence-electron chi connectivity index (χ0n) is 13.0. The van der Waals surface area contributed by atoms with Gasteiger partial charge >= 0.3 is 0 Å². The quantitative estimate of drug-likeness (QED) is 0.904. The maximum absolute atomic E-state index is 5.68. The highest BCUT2D eigenvalue weighted by Gasteiger charge is 2.45. The van der Waals surface area contributed by atoms with Crippen molar-refractivity contribution in [3.05, 3.63) is 35.9 Å². The van der Waals surface area contributed by atoms with Gasteiger partial charge in [-0.2, -0.15) is 0 Å². The maximum atomic E-state index is 5.68. The molecule has 2 heterocycles. The lowest BCUT2D eigenvalue weighted by atomic mass is 9.65. The molecule has 3 rings (SSSR count). The highest BCUT2D eigenvalue weighted by Crippen LogP contribution is 2.42. The first-order valence-electron chi connectivity index (χ1n) is 8.31. The van der Waals surface area contributed by atoms with E-state index in [9.17, 15) is 0 Å². The smallest absolute Gasteiger partial charge is 0.0510 e. The van der Waals surface area contributed by atoms with Crippen LogP contribution >= 0.6 is 0 Å². The summed E-state index contributed by atoms with van der Waals surface area (Å²) in [5, 5.41) is 3.80. The average molecular weight is 289 g/mol. The lowest BCUT2D eigenvalue weighted by molar-refractivity contribution is 0.0223. The third-order valence-corrected chi connectivity index (χ3v) is 5.19. The highest BCUT2D eigenvalue weighted by atomic mass is 16.5. The molecule has 3 heteroatoms. The molecule has 0 amide bonds. The maximum Gasteiger partial charge on any atom is 0.0510 e. The standard InChI is InChI=1S/C18H27NO2/c1-2-19-17(15-8-11-21-14-15)18(9-12-20-13-10-18)16-6-4-3-5-7-16/h3-7,15,17,19H,2,8-14H2,1H3. The lowest BCUT2D eigenvalue weighted by Crippen LogP contribution is -2.55. The van der Waals surface area contributed by atoms with Gasteiger partial charge in [0, 0.05) is 37.2 Å². The monoisotopic (exact) mass is 289 g/mol. The summed E-state index contributed by atoms with van der Waals surface area (Å²) < 4.78 is 11.4. The van der Waals surface area contributed by atoms with Gasteiger partial charge < -0.3 is 14.8 Å². The number of hydrogen-bond acceptors (Lipinski definition) is 3. The van der Waals surface area contributed by atoms with E-state index in [0.29, 0.717) is 12.0 Å². The van der Waals surface area contributed by atoms with E-state index in [4.69, 9.17) is 9.47 Å². The molecule has 2 unspecified atom stereocenters. The zero-order chi connectivity index (χ0) is 14.5. The molecule has 0 aliphatic carbocycles. The minimum Gasteiger partial charge on any atom is -0.381 e. The summed E-state index contributed by atoms with van der Waals surface area (Å²) in [7, 11) is 0. The molecule has 0 saturated carbocycles. The number of likely N-dealkylation sites (N-methyl/N-ethyl adjacent to an activating group) is 1. The zero-order valence-corrected chi connectivity index (χ0v) is 13.0. The average Bonchev–Trinajstić information content (AvgIpc) is 3.08. The van der Waals surface area contributed by atoms with Crippen molar-refractivity contribution in [3.63, 3.8) is 0 Å². The van der Waals surface area contributed by atoms with Crippen LogP contribution in [0.2, 0.25) is 0 Å².